The van der Waals surface area contributed by atoms with Crippen LogP contribution < -0.4 is 10.5 Å². The van der Waals surface area contributed by atoms with Crippen LogP contribution in [0.15, 0.2) is 41.5 Å². The number of aromatic nitrogens is 5. The molecule has 0 unspecified atom stereocenters. The van der Waals surface area contributed by atoms with E-state index in [2.05, 4.69) is 5.10 Å². The molecular formula is C24H24ClFN6O2. The average Bonchev–Trinajstić information content (AvgIpc) is 3.27. The van der Waals surface area contributed by atoms with Crippen molar-refractivity contribution >= 4 is 28.3 Å². The molecule has 0 aliphatic carbocycles. The molecular weight excluding hydrogens is 459 g/mol. The molecule has 0 saturated carbocycles. The quantitative estimate of drug-likeness (QED) is 0.442. The van der Waals surface area contributed by atoms with Crippen LogP contribution in [0.2, 0.25) is 5.02 Å². The van der Waals surface area contributed by atoms with Gasteiger partial charge in [-0.3, -0.25) is 14.0 Å². The molecule has 1 aromatic carbocycles. The van der Waals surface area contributed by atoms with Crippen LogP contribution in [0.25, 0.3) is 22.2 Å². The van der Waals surface area contributed by atoms with Gasteiger partial charge in [-0.2, -0.15) is 5.10 Å². The number of halogens is 2. The van der Waals surface area contributed by atoms with E-state index in [4.69, 9.17) is 26.3 Å². The molecule has 1 saturated heterocycles. The van der Waals surface area contributed by atoms with Crippen LogP contribution in [0, 0.1) is 5.82 Å². The van der Waals surface area contributed by atoms with Gasteiger partial charge in [0.1, 0.15) is 34.8 Å². The average molecular weight is 483 g/mol. The minimum Gasteiger partial charge on any atom is -0.370 e. The molecule has 0 radical (unpaired) electrons. The van der Waals surface area contributed by atoms with Crippen molar-refractivity contribution in [1.82, 2.24) is 24.3 Å². The van der Waals surface area contributed by atoms with Crippen LogP contribution in [0.3, 0.4) is 0 Å². The first-order chi connectivity index (χ1) is 16.4. The van der Waals surface area contributed by atoms with Gasteiger partial charge >= 0.3 is 0 Å². The largest absolute Gasteiger partial charge is 0.370 e. The lowest BCUT2D eigenvalue weighted by atomic mass is 10.1. The fourth-order valence-electron chi connectivity index (χ4n) is 4.32. The Morgan fingerprint density at radius 3 is 2.76 bits per heavy atom. The minimum atomic E-state index is -0.519. The number of benzene rings is 1. The molecule has 1 atom stereocenters. The van der Waals surface area contributed by atoms with Gasteiger partial charge < -0.3 is 9.64 Å². The highest BCUT2D eigenvalue weighted by atomic mass is 35.5. The van der Waals surface area contributed by atoms with E-state index in [9.17, 15) is 4.79 Å². The number of rotatable bonds is 4. The molecule has 1 aliphatic heterocycles. The second-order valence-electron chi connectivity index (χ2n) is 8.35. The topological polar surface area (TPSA) is 78.1 Å². The molecule has 3 aromatic heterocycles. The summed E-state index contributed by atoms with van der Waals surface area (Å²) < 4.78 is 24.2. The standard InChI is InChI=1S/C24H24ClFN6O2/c1-4-20-28-23-17(24(33)31(20)3)10-21(29-22(23)16-6-5-15(25)9-18(16)26)32-7-8-34-19(13-32)14-11-27-30(2)12-14/h5-6,9-12,19H,4,7-8,13H2,1-3H3/t19-/m0/s1. The van der Waals surface area contributed by atoms with Crippen molar-refractivity contribution in [3.05, 3.63) is 69.2 Å². The normalized spacial score (nSPS) is 16.4. The van der Waals surface area contributed by atoms with Crippen LogP contribution in [-0.4, -0.2) is 44.0 Å². The van der Waals surface area contributed by atoms with E-state index in [-0.39, 0.29) is 22.2 Å². The molecule has 1 aliphatic rings. The smallest absolute Gasteiger partial charge is 0.261 e. The van der Waals surface area contributed by atoms with Gasteiger partial charge in [-0.25, -0.2) is 14.4 Å². The summed E-state index contributed by atoms with van der Waals surface area (Å²) in [4.78, 5) is 24.8. The summed E-state index contributed by atoms with van der Waals surface area (Å²) in [6.45, 7) is 3.51. The van der Waals surface area contributed by atoms with Crippen molar-refractivity contribution < 1.29 is 9.13 Å². The van der Waals surface area contributed by atoms with Crippen molar-refractivity contribution in [3.63, 3.8) is 0 Å². The fourth-order valence-corrected chi connectivity index (χ4v) is 4.47. The molecule has 10 heteroatoms. The Labute approximate surface area is 200 Å². The fraction of sp³-hybridized carbons (Fsp3) is 0.333. The Balaban J connectivity index is 1.68. The highest BCUT2D eigenvalue weighted by Crippen LogP contribution is 2.33. The first-order valence-corrected chi connectivity index (χ1v) is 11.4. The first kappa shape index (κ1) is 22.5. The third-order valence-electron chi connectivity index (χ3n) is 6.13. The maximum atomic E-state index is 15.0. The molecule has 0 amide bonds. The molecule has 0 N–H and O–H groups in total. The second kappa shape index (κ2) is 8.81. The Morgan fingerprint density at radius 1 is 1.24 bits per heavy atom. The summed E-state index contributed by atoms with van der Waals surface area (Å²) >= 11 is 5.99. The third-order valence-corrected chi connectivity index (χ3v) is 6.37. The molecule has 8 nitrogen and oxygen atoms in total. The van der Waals surface area contributed by atoms with Gasteiger partial charge in [-0.05, 0) is 24.3 Å². The van der Waals surface area contributed by atoms with Crippen LogP contribution in [0.1, 0.15) is 24.4 Å². The Morgan fingerprint density at radius 2 is 2.06 bits per heavy atom. The predicted octanol–water partition coefficient (Wildman–Crippen LogP) is 3.66. The van der Waals surface area contributed by atoms with Crippen LogP contribution >= 0.6 is 11.6 Å². The summed E-state index contributed by atoms with van der Waals surface area (Å²) in [6.07, 6.45) is 4.06. The molecule has 176 valence electrons. The second-order valence-corrected chi connectivity index (χ2v) is 8.78. The van der Waals surface area contributed by atoms with Gasteiger partial charge in [0, 0.05) is 56.0 Å². The van der Waals surface area contributed by atoms with Crippen LogP contribution in [0.4, 0.5) is 10.2 Å². The Bertz CT molecular complexity index is 1450. The lowest BCUT2D eigenvalue weighted by molar-refractivity contribution is 0.0395. The lowest BCUT2D eigenvalue weighted by Gasteiger charge is -2.33. The van der Waals surface area contributed by atoms with E-state index in [1.54, 1.807) is 36.1 Å². The molecule has 4 heterocycles. The van der Waals surface area contributed by atoms with Gasteiger partial charge in [-0.15, -0.1) is 0 Å². The maximum absolute atomic E-state index is 15.0. The van der Waals surface area contributed by atoms with E-state index >= 15 is 4.39 Å². The van der Waals surface area contributed by atoms with Gasteiger partial charge in [0.05, 0.1) is 18.2 Å². The van der Waals surface area contributed by atoms with Crippen molar-refractivity contribution in [3.8, 4) is 11.3 Å². The van der Waals surface area contributed by atoms with E-state index in [0.717, 1.165) is 5.56 Å². The molecule has 0 spiro atoms. The summed E-state index contributed by atoms with van der Waals surface area (Å²) in [7, 11) is 3.55. The van der Waals surface area contributed by atoms with E-state index in [1.165, 1.54) is 10.6 Å². The van der Waals surface area contributed by atoms with E-state index in [1.807, 2.05) is 25.1 Å². The third kappa shape index (κ3) is 3.95. The monoisotopic (exact) mass is 482 g/mol. The molecule has 1 fully saturated rings. The number of hydrogen-bond donors (Lipinski definition) is 0. The zero-order valence-electron chi connectivity index (χ0n) is 19.1. The van der Waals surface area contributed by atoms with Crippen LogP contribution in [0.5, 0.6) is 0 Å². The lowest BCUT2D eigenvalue weighted by Crippen LogP contribution is -2.39. The number of hydrogen-bond acceptors (Lipinski definition) is 6. The highest BCUT2D eigenvalue weighted by Gasteiger charge is 2.26. The summed E-state index contributed by atoms with van der Waals surface area (Å²) in [6, 6.07) is 6.17. The number of aryl methyl sites for hydroxylation is 2. The molecule has 0 bridgehead atoms. The van der Waals surface area contributed by atoms with Crippen molar-refractivity contribution in [1.29, 1.82) is 0 Å². The first-order valence-electron chi connectivity index (χ1n) is 11.1. The Kier molecular flexibility index (Phi) is 5.83. The summed E-state index contributed by atoms with van der Waals surface area (Å²) in [5.41, 5.74) is 1.71. The Hall–Kier alpha value is -3.30. The molecule has 5 rings (SSSR count). The predicted molar refractivity (Wildman–Crippen MR) is 129 cm³/mol. The van der Waals surface area contributed by atoms with Crippen molar-refractivity contribution in [2.75, 3.05) is 24.6 Å². The zero-order chi connectivity index (χ0) is 24.0. The van der Waals surface area contributed by atoms with Gasteiger partial charge in [0.25, 0.3) is 5.56 Å². The minimum absolute atomic E-state index is 0.195. The summed E-state index contributed by atoms with van der Waals surface area (Å²) in [5.74, 6) is 0.650. The SMILES string of the molecule is CCc1nc2c(-c3ccc(Cl)cc3F)nc(N3CCO[C@H](c4cnn(C)c4)C3)cc2c(=O)n1C. The van der Waals surface area contributed by atoms with E-state index in [0.29, 0.717) is 54.4 Å². The molecule has 4 aromatic rings. The summed E-state index contributed by atoms with van der Waals surface area (Å²) in [5, 5.41) is 4.91. The zero-order valence-corrected chi connectivity index (χ0v) is 19.9. The van der Waals surface area contributed by atoms with Crippen molar-refractivity contribution in [2.24, 2.45) is 14.1 Å². The number of pyridine rings is 1. The van der Waals surface area contributed by atoms with Gasteiger partial charge in [-0.1, -0.05) is 18.5 Å². The van der Waals surface area contributed by atoms with Crippen LogP contribution in [-0.2, 0) is 25.3 Å². The number of nitrogens with zero attached hydrogens (tertiary/aromatic N) is 6. The number of ether oxygens (including phenoxy) is 1. The number of fused-ring (bicyclic) bond motifs is 1. The van der Waals surface area contributed by atoms with Gasteiger partial charge in [0.15, 0.2) is 0 Å². The van der Waals surface area contributed by atoms with Crippen molar-refractivity contribution in [2.45, 2.75) is 19.4 Å². The molecule has 34 heavy (non-hydrogen) atoms. The number of morpholine rings is 1. The van der Waals surface area contributed by atoms with E-state index < -0.39 is 5.82 Å². The van der Waals surface area contributed by atoms with Gasteiger partial charge in [0.2, 0.25) is 0 Å². The maximum Gasteiger partial charge on any atom is 0.261 e. The highest BCUT2D eigenvalue weighted by molar-refractivity contribution is 6.30. The number of anilines is 1.